The number of pyridine rings is 1. The maximum Gasteiger partial charge on any atom is 0.122 e. The Kier molecular flexibility index (Phi) is 5.22. The maximum absolute atomic E-state index is 7.64. The van der Waals surface area contributed by atoms with Gasteiger partial charge in [0.05, 0.1) is 29.3 Å². The molecule has 4 N–H and O–H groups in total. The minimum Gasteiger partial charge on any atom is -0.384 e. The molecule has 4 aromatic rings. The molecule has 6 nitrogen and oxygen atoms in total. The molecule has 0 saturated carbocycles. The van der Waals surface area contributed by atoms with E-state index in [9.17, 15) is 0 Å². The van der Waals surface area contributed by atoms with E-state index in [4.69, 9.17) is 21.1 Å². The summed E-state index contributed by atoms with van der Waals surface area (Å²) >= 11 is 0. The van der Waals surface area contributed by atoms with Crippen LogP contribution in [0.2, 0.25) is 0 Å². The smallest absolute Gasteiger partial charge is 0.122 e. The number of nitrogens with two attached hydrogens (primary N) is 1. The Morgan fingerprint density at radius 2 is 1.90 bits per heavy atom. The number of aromatic nitrogens is 3. The average Bonchev–Trinajstić information content (AvgIpc) is 3.21. The molecule has 1 unspecified atom stereocenters. The predicted octanol–water partition coefficient (Wildman–Crippen LogP) is 4.32. The molecular weight excluding hydrogens is 384 g/mol. The van der Waals surface area contributed by atoms with Crippen LogP contribution in [0.15, 0.2) is 66.9 Å². The van der Waals surface area contributed by atoms with Crippen molar-refractivity contribution in [2.45, 2.75) is 38.4 Å². The Labute approximate surface area is 181 Å². The van der Waals surface area contributed by atoms with Crippen LogP contribution in [0.5, 0.6) is 0 Å². The standard InChI is InChI=1S/C25H26N6/c26-25(27)19-12-10-17(11-13-19)15-31(16-23-29-20-7-1-2-8-21(20)30-23)22-9-3-5-18-6-4-14-28-24(18)22/h1-2,4,6-8,10-14,22H,3,5,9,15-16H2,(H3,26,27)(H,29,30). The number of aromatic amines is 1. The lowest BCUT2D eigenvalue weighted by molar-refractivity contribution is 0.153. The summed E-state index contributed by atoms with van der Waals surface area (Å²) < 4.78 is 0. The van der Waals surface area contributed by atoms with Gasteiger partial charge in [-0.05, 0) is 48.6 Å². The molecular formula is C25H26N6. The summed E-state index contributed by atoms with van der Waals surface area (Å²) in [7, 11) is 0. The van der Waals surface area contributed by atoms with Gasteiger partial charge >= 0.3 is 0 Å². The summed E-state index contributed by atoms with van der Waals surface area (Å²) in [6.07, 6.45) is 5.22. The first kappa shape index (κ1) is 19.5. The zero-order valence-corrected chi connectivity index (χ0v) is 17.4. The van der Waals surface area contributed by atoms with E-state index in [1.54, 1.807) is 0 Å². The molecule has 1 atom stereocenters. The molecule has 2 aromatic heterocycles. The molecule has 5 rings (SSSR count). The van der Waals surface area contributed by atoms with Crippen molar-refractivity contribution in [2.24, 2.45) is 5.73 Å². The minimum absolute atomic E-state index is 0.0936. The normalized spacial score (nSPS) is 15.8. The highest BCUT2D eigenvalue weighted by atomic mass is 15.2. The van der Waals surface area contributed by atoms with Crippen LogP contribution >= 0.6 is 0 Å². The first-order valence-electron chi connectivity index (χ1n) is 10.7. The first-order valence-corrected chi connectivity index (χ1v) is 10.7. The number of nitrogen functional groups attached to an aromatic ring is 1. The van der Waals surface area contributed by atoms with E-state index in [-0.39, 0.29) is 11.9 Å². The van der Waals surface area contributed by atoms with Crippen LogP contribution in [0.1, 0.15) is 47.1 Å². The second-order valence-corrected chi connectivity index (χ2v) is 8.17. The Morgan fingerprint density at radius 1 is 1.06 bits per heavy atom. The number of H-pyrrole nitrogens is 1. The van der Waals surface area contributed by atoms with Gasteiger partial charge in [0.25, 0.3) is 0 Å². The summed E-state index contributed by atoms with van der Waals surface area (Å²) in [5.41, 5.74) is 12.1. The highest BCUT2D eigenvalue weighted by Gasteiger charge is 2.28. The number of para-hydroxylation sites is 2. The van der Waals surface area contributed by atoms with Crippen molar-refractivity contribution in [2.75, 3.05) is 0 Å². The van der Waals surface area contributed by atoms with Gasteiger partial charge in [-0.2, -0.15) is 0 Å². The summed E-state index contributed by atoms with van der Waals surface area (Å²) in [5, 5.41) is 7.64. The van der Waals surface area contributed by atoms with Crippen LogP contribution < -0.4 is 5.73 Å². The Balaban J connectivity index is 1.48. The zero-order chi connectivity index (χ0) is 21.2. The molecule has 2 aromatic carbocycles. The number of imidazole rings is 1. The molecule has 0 radical (unpaired) electrons. The molecule has 0 aliphatic heterocycles. The van der Waals surface area contributed by atoms with E-state index in [0.717, 1.165) is 48.2 Å². The largest absolute Gasteiger partial charge is 0.384 e. The van der Waals surface area contributed by atoms with Crippen molar-refractivity contribution in [3.63, 3.8) is 0 Å². The zero-order valence-electron chi connectivity index (χ0n) is 17.4. The SMILES string of the molecule is N=C(N)c1ccc(CN(Cc2nc3ccccc3[nH]2)C2CCCc3cccnc32)cc1. The molecule has 0 spiro atoms. The van der Waals surface area contributed by atoms with Crippen LogP contribution in [0.25, 0.3) is 11.0 Å². The number of nitrogens with zero attached hydrogens (tertiary/aromatic N) is 3. The molecule has 6 heteroatoms. The van der Waals surface area contributed by atoms with Gasteiger partial charge in [-0.15, -0.1) is 0 Å². The number of benzene rings is 2. The van der Waals surface area contributed by atoms with E-state index < -0.39 is 0 Å². The van der Waals surface area contributed by atoms with Crippen LogP contribution in [-0.2, 0) is 19.5 Å². The summed E-state index contributed by atoms with van der Waals surface area (Å²) in [5.74, 6) is 1.06. The van der Waals surface area contributed by atoms with Gasteiger partial charge in [-0.1, -0.05) is 42.5 Å². The van der Waals surface area contributed by atoms with Gasteiger partial charge in [-0.25, -0.2) is 4.98 Å². The van der Waals surface area contributed by atoms with Crippen LogP contribution in [0.3, 0.4) is 0 Å². The summed E-state index contributed by atoms with van der Waals surface area (Å²) in [4.78, 5) is 15.5. The molecule has 31 heavy (non-hydrogen) atoms. The van der Waals surface area contributed by atoms with E-state index >= 15 is 0 Å². The molecule has 1 aliphatic carbocycles. The molecule has 156 valence electrons. The molecule has 1 aliphatic rings. The number of aryl methyl sites for hydroxylation is 1. The fraction of sp³-hybridized carbons (Fsp3) is 0.240. The number of hydrogen-bond acceptors (Lipinski definition) is 4. The van der Waals surface area contributed by atoms with Gasteiger partial charge < -0.3 is 10.7 Å². The predicted molar refractivity (Wildman–Crippen MR) is 123 cm³/mol. The van der Waals surface area contributed by atoms with Crippen molar-refractivity contribution >= 4 is 16.9 Å². The van der Waals surface area contributed by atoms with Gasteiger partial charge in [0, 0.05) is 18.3 Å². The lowest BCUT2D eigenvalue weighted by atomic mass is 9.90. The highest BCUT2D eigenvalue weighted by Crippen LogP contribution is 2.34. The van der Waals surface area contributed by atoms with Gasteiger partial charge in [0.15, 0.2) is 0 Å². The number of fused-ring (bicyclic) bond motifs is 2. The Hall–Kier alpha value is -3.51. The topological polar surface area (TPSA) is 94.7 Å². The fourth-order valence-electron chi connectivity index (χ4n) is 4.51. The minimum atomic E-state index is 0.0936. The van der Waals surface area contributed by atoms with Crippen molar-refractivity contribution in [1.82, 2.24) is 19.9 Å². The lowest BCUT2D eigenvalue weighted by Gasteiger charge is -2.34. The van der Waals surface area contributed by atoms with Crippen LogP contribution in [0.4, 0.5) is 0 Å². The third-order valence-electron chi connectivity index (χ3n) is 6.05. The van der Waals surface area contributed by atoms with Gasteiger partial charge in [-0.3, -0.25) is 15.3 Å². The number of hydrogen-bond donors (Lipinski definition) is 3. The molecule has 0 amide bonds. The van der Waals surface area contributed by atoms with Gasteiger partial charge in [0.2, 0.25) is 0 Å². The Bertz CT molecular complexity index is 1180. The lowest BCUT2D eigenvalue weighted by Crippen LogP contribution is -2.31. The fourth-order valence-corrected chi connectivity index (χ4v) is 4.51. The second-order valence-electron chi connectivity index (χ2n) is 8.17. The third kappa shape index (κ3) is 4.07. The van der Waals surface area contributed by atoms with Crippen LogP contribution in [0, 0.1) is 5.41 Å². The molecule has 0 bridgehead atoms. The van der Waals surface area contributed by atoms with E-state index in [1.165, 1.54) is 16.8 Å². The van der Waals surface area contributed by atoms with Gasteiger partial charge in [0.1, 0.15) is 11.7 Å². The van der Waals surface area contributed by atoms with E-state index in [1.807, 2.05) is 42.6 Å². The molecule has 0 fully saturated rings. The second kappa shape index (κ2) is 8.32. The van der Waals surface area contributed by atoms with Crippen LogP contribution in [-0.4, -0.2) is 25.7 Å². The maximum atomic E-state index is 7.64. The van der Waals surface area contributed by atoms with E-state index in [2.05, 4.69) is 34.1 Å². The number of nitrogens with one attached hydrogen (secondary N) is 2. The number of amidine groups is 1. The van der Waals surface area contributed by atoms with Crippen molar-refractivity contribution in [1.29, 1.82) is 5.41 Å². The Morgan fingerprint density at radius 3 is 2.71 bits per heavy atom. The van der Waals surface area contributed by atoms with Crippen molar-refractivity contribution in [3.05, 3.63) is 95.1 Å². The first-order chi connectivity index (χ1) is 15.2. The highest BCUT2D eigenvalue weighted by molar-refractivity contribution is 5.94. The molecule has 2 heterocycles. The monoisotopic (exact) mass is 410 g/mol. The third-order valence-corrected chi connectivity index (χ3v) is 6.05. The molecule has 0 saturated heterocycles. The van der Waals surface area contributed by atoms with E-state index in [0.29, 0.717) is 6.54 Å². The van der Waals surface area contributed by atoms with Crippen molar-refractivity contribution < 1.29 is 0 Å². The summed E-state index contributed by atoms with van der Waals surface area (Å²) in [6.45, 7) is 1.49. The quantitative estimate of drug-likeness (QED) is 0.326. The number of rotatable bonds is 6. The van der Waals surface area contributed by atoms with Crippen molar-refractivity contribution in [3.8, 4) is 0 Å². The summed E-state index contributed by atoms with van der Waals surface area (Å²) in [6, 6.07) is 20.6. The average molecular weight is 411 g/mol.